The lowest BCUT2D eigenvalue weighted by atomic mass is 10.1. The Morgan fingerprint density at radius 2 is 1.83 bits per heavy atom. The molecule has 0 aliphatic rings. The lowest BCUT2D eigenvalue weighted by Crippen LogP contribution is -2.47. The highest BCUT2D eigenvalue weighted by molar-refractivity contribution is 4.78. The Kier molecular flexibility index (Phi) is 4.63. The van der Waals surface area contributed by atoms with E-state index < -0.39 is 12.2 Å². The number of alkyl halides is 2. The third-order valence-electron chi connectivity index (χ3n) is 1.25. The fourth-order valence-corrected chi connectivity index (χ4v) is 1.09. The summed E-state index contributed by atoms with van der Waals surface area (Å²) in [5, 5.41) is 3.12. The largest absolute Gasteiger partial charge is 0.345 e. The van der Waals surface area contributed by atoms with E-state index in [4.69, 9.17) is 0 Å². The summed E-state index contributed by atoms with van der Waals surface area (Å²) in [5.74, 6) is 0. The van der Waals surface area contributed by atoms with Gasteiger partial charge in [-0.1, -0.05) is 13.8 Å². The van der Waals surface area contributed by atoms with E-state index in [0.29, 0.717) is 0 Å². The molecule has 0 aliphatic heterocycles. The van der Waals surface area contributed by atoms with E-state index in [0.717, 1.165) is 0 Å². The fourth-order valence-electron chi connectivity index (χ4n) is 1.09. The maximum Gasteiger partial charge on any atom is 0.345 e. The lowest BCUT2D eigenvalue weighted by Gasteiger charge is -2.28. The van der Waals surface area contributed by atoms with Crippen molar-refractivity contribution in [3.8, 4) is 0 Å². The Morgan fingerprint density at radius 3 is 2.17 bits per heavy atom. The molecule has 0 spiro atoms. The highest BCUT2D eigenvalue weighted by Crippen LogP contribution is 2.07. The van der Waals surface area contributed by atoms with E-state index >= 15 is 0 Å². The van der Waals surface area contributed by atoms with Gasteiger partial charge in [0.1, 0.15) is 0 Å². The highest BCUT2D eigenvalue weighted by Gasteiger charge is 2.20. The molecule has 2 nitrogen and oxygen atoms in total. The third-order valence-corrected chi connectivity index (χ3v) is 1.25. The predicted octanol–water partition coefficient (Wildman–Crippen LogP) is 2.00. The molecule has 0 aromatic heterocycles. The van der Waals surface area contributed by atoms with Crippen LogP contribution in [0.5, 0.6) is 0 Å². The van der Waals surface area contributed by atoms with Crippen LogP contribution >= 0.6 is 0 Å². The van der Waals surface area contributed by atoms with Crippen LogP contribution in [0.3, 0.4) is 0 Å². The molecule has 0 fully saturated rings. The summed E-state index contributed by atoms with van der Waals surface area (Å²) in [6, 6.07) is 0.265. The Bertz CT molecular complexity index is 126. The molecule has 74 valence electrons. The van der Waals surface area contributed by atoms with E-state index in [-0.39, 0.29) is 12.6 Å². The van der Waals surface area contributed by atoms with Crippen LogP contribution in [0.25, 0.3) is 0 Å². The number of nitrogens with one attached hydrogen (secondary N) is 1. The average Bonchev–Trinajstić information content (AvgIpc) is 1.81. The van der Waals surface area contributed by atoms with E-state index in [9.17, 15) is 8.78 Å². The molecule has 1 N–H and O–H groups in total. The van der Waals surface area contributed by atoms with Gasteiger partial charge in [0, 0.05) is 11.6 Å². The zero-order valence-electron chi connectivity index (χ0n) is 8.03. The Labute approximate surface area is 72.3 Å². The molecule has 0 atom stereocenters. The van der Waals surface area contributed by atoms with Gasteiger partial charge >= 0.3 is 6.61 Å². The number of halogens is 2. The van der Waals surface area contributed by atoms with Crippen molar-refractivity contribution >= 4 is 0 Å². The summed E-state index contributed by atoms with van der Waals surface area (Å²) in [5.41, 5.74) is -0.398. The Hall–Kier alpha value is -0.220. The van der Waals surface area contributed by atoms with Crippen molar-refractivity contribution in [1.82, 2.24) is 5.32 Å². The molecular formula is C8H17F2NO. The predicted molar refractivity (Wildman–Crippen MR) is 44.3 cm³/mol. The van der Waals surface area contributed by atoms with Gasteiger partial charge in [0.25, 0.3) is 0 Å². The van der Waals surface area contributed by atoms with Gasteiger partial charge in [0.05, 0.1) is 6.61 Å². The van der Waals surface area contributed by atoms with Crippen molar-refractivity contribution in [2.75, 3.05) is 6.61 Å². The van der Waals surface area contributed by atoms with Gasteiger partial charge in [-0.15, -0.1) is 0 Å². The van der Waals surface area contributed by atoms with Crippen LogP contribution in [0.1, 0.15) is 27.7 Å². The first kappa shape index (κ1) is 11.8. The van der Waals surface area contributed by atoms with E-state index in [1.807, 2.05) is 27.7 Å². The second-order valence-corrected chi connectivity index (χ2v) is 3.75. The summed E-state index contributed by atoms with van der Waals surface area (Å²) in [7, 11) is 0. The standard InChI is InChI=1S/C8H17F2NO/c1-6(2)11-8(3,4)5-12-7(9)10/h6-7,11H,5H2,1-4H3. The number of hydrogen-bond acceptors (Lipinski definition) is 2. The van der Waals surface area contributed by atoms with E-state index in [1.54, 1.807) is 0 Å². The summed E-state index contributed by atoms with van der Waals surface area (Å²) < 4.78 is 27.5. The zero-order valence-corrected chi connectivity index (χ0v) is 8.03. The normalized spacial score (nSPS) is 13.0. The van der Waals surface area contributed by atoms with E-state index in [1.165, 1.54) is 0 Å². The van der Waals surface area contributed by atoms with Gasteiger partial charge in [-0.3, -0.25) is 0 Å². The number of hydrogen-bond donors (Lipinski definition) is 1. The molecule has 0 heterocycles. The highest BCUT2D eigenvalue weighted by atomic mass is 19.3. The van der Waals surface area contributed by atoms with Crippen molar-refractivity contribution in [3.63, 3.8) is 0 Å². The minimum absolute atomic E-state index is 0.0167. The second-order valence-electron chi connectivity index (χ2n) is 3.75. The number of ether oxygens (including phenoxy) is 1. The maximum absolute atomic E-state index is 11.7. The second kappa shape index (κ2) is 4.72. The van der Waals surface area contributed by atoms with Crippen LogP contribution in [0.4, 0.5) is 8.78 Å². The van der Waals surface area contributed by atoms with Crippen molar-refractivity contribution < 1.29 is 13.5 Å². The first-order chi connectivity index (χ1) is 5.33. The maximum atomic E-state index is 11.7. The molecule has 0 unspecified atom stereocenters. The Morgan fingerprint density at radius 1 is 1.33 bits per heavy atom. The molecule has 0 radical (unpaired) electrons. The molecular weight excluding hydrogens is 164 g/mol. The smallest absolute Gasteiger partial charge is 0.321 e. The average molecular weight is 181 g/mol. The molecule has 0 aliphatic carbocycles. The first-order valence-corrected chi connectivity index (χ1v) is 4.01. The monoisotopic (exact) mass is 181 g/mol. The zero-order chi connectivity index (χ0) is 9.78. The van der Waals surface area contributed by atoms with Crippen LogP contribution in [0.15, 0.2) is 0 Å². The van der Waals surface area contributed by atoms with Crippen LogP contribution in [0.2, 0.25) is 0 Å². The molecule has 12 heavy (non-hydrogen) atoms. The van der Waals surface area contributed by atoms with Gasteiger partial charge in [-0.2, -0.15) is 8.78 Å². The van der Waals surface area contributed by atoms with Crippen molar-refractivity contribution in [3.05, 3.63) is 0 Å². The topological polar surface area (TPSA) is 21.3 Å². The van der Waals surface area contributed by atoms with Crippen molar-refractivity contribution in [1.29, 1.82) is 0 Å². The van der Waals surface area contributed by atoms with E-state index in [2.05, 4.69) is 10.1 Å². The molecule has 0 amide bonds. The molecule has 4 heteroatoms. The molecule has 0 bridgehead atoms. The van der Waals surface area contributed by atoms with Crippen molar-refractivity contribution in [2.45, 2.75) is 45.9 Å². The minimum Gasteiger partial charge on any atom is -0.321 e. The van der Waals surface area contributed by atoms with Gasteiger partial charge in [-0.25, -0.2) is 0 Å². The summed E-state index contributed by atoms with van der Waals surface area (Å²) in [6.07, 6.45) is 0. The summed E-state index contributed by atoms with van der Waals surface area (Å²) >= 11 is 0. The third kappa shape index (κ3) is 6.49. The molecule has 0 aromatic carbocycles. The quantitative estimate of drug-likeness (QED) is 0.700. The molecule has 0 aromatic rings. The molecule has 0 rings (SSSR count). The van der Waals surface area contributed by atoms with Crippen LogP contribution in [-0.4, -0.2) is 24.8 Å². The van der Waals surface area contributed by atoms with Gasteiger partial charge in [0.2, 0.25) is 0 Å². The summed E-state index contributed by atoms with van der Waals surface area (Å²) in [4.78, 5) is 0. The molecule has 0 saturated heterocycles. The fraction of sp³-hybridized carbons (Fsp3) is 1.00. The van der Waals surface area contributed by atoms with Gasteiger partial charge < -0.3 is 10.1 Å². The van der Waals surface area contributed by atoms with Crippen molar-refractivity contribution in [2.24, 2.45) is 0 Å². The van der Waals surface area contributed by atoms with Gasteiger partial charge in [-0.05, 0) is 13.8 Å². The SMILES string of the molecule is CC(C)NC(C)(C)COC(F)F. The lowest BCUT2D eigenvalue weighted by molar-refractivity contribution is -0.141. The minimum atomic E-state index is -2.68. The first-order valence-electron chi connectivity index (χ1n) is 4.01. The summed E-state index contributed by atoms with van der Waals surface area (Å²) in [6.45, 7) is 4.92. The molecule has 0 saturated carbocycles. The number of rotatable bonds is 5. The Balaban J connectivity index is 3.71. The van der Waals surface area contributed by atoms with Crippen LogP contribution < -0.4 is 5.32 Å². The van der Waals surface area contributed by atoms with Crippen LogP contribution in [-0.2, 0) is 4.74 Å². The van der Waals surface area contributed by atoms with Gasteiger partial charge in [0.15, 0.2) is 0 Å². The van der Waals surface area contributed by atoms with Crippen LogP contribution in [0, 0.1) is 0 Å².